The lowest BCUT2D eigenvalue weighted by atomic mass is 9.51. The molecule has 2 N–H and O–H groups in total. The quantitative estimate of drug-likeness (QED) is 0.892. The summed E-state index contributed by atoms with van der Waals surface area (Å²) in [5.41, 5.74) is 7.15. The Morgan fingerprint density at radius 1 is 1.00 bits per heavy atom. The summed E-state index contributed by atoms with van der Waals surface area (Å²) in [6, 6.07) is 1.95. The van der Waals surface area contributed by atoms with Crippen LogP contribution < -0.4 is 5.73 Å². The SMILES string of the molecule is CC(C)c1cc(N)nc(C2C3CC4CC(C3)CC2C4)n1. The van der Waals surface area contributed by atoms with Gasteiger partial charge in [0.2, 0.25) is 0 Å². The summed E-state index contributed by atoms with van der Waals surface area (Å²) >= 11 is 0. The third kappa shape index (κ3) is 1.94. The highest BCUT2D eigenvalue weighted by Gasteiger charge is 2.49. The monoisotopic (exact) mass is 271 g/mol. The summed E-state index contributed by atoms with van der Waals surface area (Å²) < 4.78 is 0. The molecule has 4 fully saturated rings. The molecule has 5 rings (SSSR count). The molecule has 0 atom stereocenters. The zero-order chi connectivity index (χ0) is 13.9. The minimum atomic E-state index is 0.427. The second-order valence-electron chi connectivity index (χ2n) is 7.69. The summed E-state index contributed by atoms with van der Waals surface area (Å²) in [5, 5.41) is 0. The first kappa shape index (κ1) is 12.6. The summed E-state index contributed by atoms with van der Waals surface area (Å²) in [6.07, 6.45) is 7.13. The smallest absolute Gasteiger partial charge is 0.134 e. The van der Waals surface area contributed by atoms with Crippen LogP contribution in [0.4, 0.5) is 5.82 Å². The van der Waals surface area contributed by atoms with E-state index in [0.717, 1.165) is 35.2 Å². The molecule has 1 aromatic rings. The summed E-state index contributed by atoms with van der Waals surface area (Å²) in [7, 11) is 0. The largest absolute Gasteiger partial charge is 0.384 e. The molecule has 3 heteroatoms. The molecule has 1 aromatic heterocycles. The van der Waals surface area contributed by atoms with Crippen molar-refractivity contribution in [1.29, 1.82) is 0 Å². The van der Waals surface area contributed by atoms with E-state index in [-0.39, 0.29) is 0 Å². The zero-order valence-corrected chi connectivity index (χ0v) is 12.5. The Kier molecular flexibility index (Phi) is 2.80. The van der Waals surface area contributed by atoms with E-state index in [1.54, 1.807) is 0 Å². The van der Waals surface area contributed by atoms with Gasteiger partial charge in [0.05, 0.1) is 0 Å². The van der Waals surface area contributed by atoms with Crippen LogP contribution in [-0.2, 0) is 0 Å². The topological polar surface area (TPSA) is 51.8 Å². The van der Waals surface area contributed by atoms with E-state index in [4.69, 9.17) is 10.7 Å². The molecular weight excluding hydrogens is 246 g/mol. The molecule has 0 amide bonds. The zero-order valence-electron chi connectivity index (χ0n) is 12.5. The van der Waals surface area contributed by atoms with Crippen molar-refractivity contribution in [3.05, 3.63) is 17.6 Å². The number of anilines is 1. The molecule has 0 unspecified atom stereocenters. The first-order valence-corrected chi connectivity index (χ1v) is 8.24. The van der Waals surface area contributed by atoms with Crippen molar-refractivity contribution >= 4 is 5.82 Å². The number of hydrogen-bond acceptors (Lipinski definition) is 3. The molecule has 1 heterocycles. The number of nitrogens with zero attached hydrogens (tertiary/aromatic N) is 2. The summed E-state index contributed by atoms with van der Waals surface area (Å²) in [6.45, 7) is 4.37. The molecule has 4 saturated carbocycles. The van der Waals surface area contributed by atoms with Gasteiger partial charge in [-0.1, -0.05) is 13.8 Å². The summed E-state index contributed by atoms with van der Waals surface area (Å²) in [5.74, 6) is 6.38. The average molecular weight is 271 g/mol. The van der Waals surface area contributed by atoms with Crippen LogP contribution in [0.5, 0.6) is 0 Å². The van der Waals surface area contributed by atoms with Gasteiger partial charge < -0.3 is 5.73 Å². The van der Waals surface area contributed by atoms with E-state index in [9.17, 15) is 0 Å². The van der Waals surface area contributed by atoms with Crippen molar-refractivity contribution in [2.24, 2.45) is 23.7 Å². The van der Waals surface area contributed by atoms with Crippen LogP contribution in [0.15, 0.2) is 6.07 Å². The molecule has 0 saturated heterocycles. The van der Waals surface area contributed by atoms with Gasteiger partial charge in [-0.15, -0.1) is 0 Å². The van der Waals surface area contributed by atoms with Gasteiger partial charge in [0.15, 0.2) is 0 Å². The Hall–Kier alpha value is -1.12. The number of aromatic nitrogens is 2. The lowest BCUT2D eigenvalue weighted by Gasteiger charge is -2.53. The normalized spacial score (nSPS) is 38.6. The number of nitrogens with two attached hydrogens (primary N) is 1. The molecular formula is C17H25N3. The van der Waals surface area contributed by atoms with Crippen molar-refractivity contribution in [1.82, 2.24) is 9.97 Å². The van der Waals surface area contributed by atoms with Crippen LogP contribution in [0, 0.1) is 23.7 Å². The first-order valence-electron chi connectivity index (χ1n) is 8.24. The Bertz CT molecular complexity index is 495. The second kappa shape index (κ2) is 4.44. The van der Waals surface area contributed by atoms with Crippen LogP contribution in [0.25, 0.3) is 0 Å². The highest BCUT2D eigenvalue weighted by atomic mass is 15.0. The summed E-state index contributed by atoms with van der Waals surface area (Å²) in [4.78, 5) is 9.52. The van der Waals surface area contributed by atoms with Crippen molar-refractivity contribution < 1.29 is 0 Å². The van der Waals surface area contributed by atoms with E-state index in [2.05, 4.69) is 18.8 Å². The van der Waals surface area contributed by atoms with Gasteiger partial charge in [-0.05, 0) is 61.7 Å². The molecule has 0 spiro atoms. The predicted octanol–water partition coefficient (Wildman–Crippen LogP) is 3.72. The maximum Gasteiger partial charge on any atom is 0.134 e. The third-order valence-electron chi connectivity index (χ3n) is 5.90. The number of rotatable bonds is 2. The number of hydrogen-bond donors (Lipinski definition) is 1. The van der Waals surface area contributed by atoms with Crippen molar-refractivity contribution in [3.8, 4) is 0 Å². The number of nitrogen functional groups attached to an aromatic ring is 1. The minimum Gasteiger partial charge on any atom is -0.384 e. The Balaban J connectivity index is 1.70. The molecule has 0 radical (unpaired) electrons. The predicted molar refractivity (Wildman–Crippen MR) is 80.3 cm³/mol. The molecule has 4 aliphatic rings. The lowest BCUT2D eigenvalue weighted by Crippen LogP contribution is -2.44. The molecule has 4 bridgehead atoms. The van der Waals surface area contributed by atoms with Gasteiger partial charge in [0.25, 0.3) is 0 Å². The molecule has 108 valence electrons. The lowest BCUT2D eigenvalue weighted by molar-refractivity contribution is -0.00567. The highest BCUT2D eigenvalue weighted by Crippen LogP contribution is 2.59. The maximum absolute atomic E-state index is 6.04. The molecule has 0 aliphatic heterocycles. The highest BCUT2D eigenvalue weighted by molar-refractivity contribution is 5.32. The van der Waals surface area contributed by atoms with E-state index in [1.807, 2.05) is 6.07 Å². The van der Waals surface area contributed by atoms with Gasteiger partial charge in [0.1, 0.15) is 11.6 Å². The van der Waals surface area contributed by atoms with Gasteiger partial charge in [-0.2, -0.15) is 0 Å². The van der Waals surface area contributed by atoms with E-state index >= 15 is 0 Å². The third-order valence-corrected chi connectivity index (χ3v) is 5.90. The fourth-order valence-electron chi connectivity index (χ4n) is 5.30. The Labute approximate surface area is 121 Å². The Morgan fingerprint density at radius 3 is 2.15 bits per heavy atom. The van der Waals surface area contributed by atoms with E-state index in [1.165, 1.54) is 32.1 Å². The van der Waals surface area contributed by atoms with Gasteiger partial charge in [-0.3, -0.25) is 0 Å². The fraction of sp³-hybridized carbons (Fsp3) is 0.765. The maximum atomic E-state index is 6.04. The molecule has 0 aromatic carbocycles. The standard InChI is InChI=1S/C17H25N3/c1-9(2)14-8-15(18)20-17(19-14)16-12-4-10-3-11(6-12)7-13(16)5-10/h8-13,16H,3-7H2,1-2H3,(H2,18,19,20). The van der Waals surface area contributed by atoms with Crippen molar-refractivity contribution in [2.45, 2.75) is 57.8 Å². The van der Waals surface area contributed by atoms with Crippen LogP contribution >= 0.6 is 0 Å². The first-order chi connectivity index (χ1) is 9.60. The second-order valence-corrected chi connectivity index (χ2v) is 7.69. The average Bonchev–Trinajstić information content (AvgIpc) is 2.36. The van der Waals surface area contributed by atoms with Crippen molar-refractivity contribution in [2.75, 3.05) is 5.73 Å². The minimum absolute atomic E-state index is 0.427. The van der Waals surface area contributed by atoms with Gasteiger partial charge in [0, 0.05) is 17.7 Å². The van der Waals surface area contributed by atoms with Crippen LogP contribution in [0.2, 0.25) is 0 Å². The molecule has 20 heavy (non-hydrogen) atoms. The van der Waals surface area contributed by atoms with Gasteiger partial charge in [-0.25, -0.2) is 9.97 Å². The van der Waals surface area contributed by atoms with E-state index in [0.29, 0.717) is 17.7 Å². The Morgan fingerprint density at radius 2 is 1.60 bits per heavy atom. The molecule has 3 nitrogen and oxygen atoms in total. The molecule has 4 aliphatic carbocycles. The van der Waals surface area contributed by atoms with Crippen molar-refractivity contribution in [3.63, 3.8) is 0 Å². The van der Waals surface area contributed by atoms with Crippen LogP contribution in [-0.4, -0.2) is 9.97 Å². The van der Waals surface area contributed by atoms with E-state index < -0.39 is 0 Å². The van der Waals surface area contributed by atoms with Gasteiger partial charge >= 0.3 is 0 Å². The van der Waals surface area contributed by atoms with Crippen LogP contribution in [0.3, 0.4) is 0 Å². The fourth-order valence-corrected chi connectivity index (χ4v) is 5.30. The van der Waals surface area contributed by atoms with Crippen LogP contribution in [0.1, 0.15) is 69.3 Å².